The van der Waals surface area contributed by atoms with Gasteiger partial charge in [-0.05, 0) is 87.2 Å². The van der Waals surface area contributed by atoms with Crippen LogP contribution < -0.4 is 0 Å². The van der Waals surface area contributed by atoms with E-state index in [4.69, 9.17) is 0 Å². The van der Waals surface area contributed by atoms with Crippen LogP contribution in [0.2, 0.25) is 0 Å². The molecule has 23 heavy (non-hydrogen) atoms. The zero-order valence-corrected chi connectivity index (χ0v) is 15.4. The Balaban J connectivity index is 0.000000485. The van der Waals surface area contributed by atoms with Crippen LogP contribution in [-0.4, -0.2) is 0 Å². The van der Waals surface area contributed by atoms with Crippen LogP contribution in [0.1, 0.15) is 64.2 Å². The second-order valence-corrected chi connectivity index (χ2v) is 7.32. The molecule has 4 aliphatic carbocycles. The summed E-state index contributed by atoms with van der Waals surface area (Å²) < 4.78 is 19.5. The number of halogens is 2. The van der Waals surface area contributed by atoms with Gasteiger partial charge >= 0.3 is 26.4 Å². The molecule has 3 heteroatoms. The van der Waals surface area contributed by atoms with Gasteiger partial charge in [-0.1, -0.05) is 35.5 Å². The summed E-state index contributed by atoms with van der Waals surface area (Å²) in [6, 6.07) is 0. The average molecular weight is 352 g/mol. The van der Waals surface area contributed by atoms with Gasteiger partial charge in [0, 0.05) is 0 Å². The van der Waals surface area contributed by atoms with Gasteiger partial charge in [-0.25, -0.2) is 0 Å². The molecule has 4 aliphatic rings. The first kappa shape index (κ1) is 17.4. The Kier molecular flexibility index (Phi) is 6.47. The molecule has 0 aliphatic heterocycles. The predicted octanol–water partition coefficient (Wildman–Crippen LogP) is 6.72. The quantitative estimate of drug-likeness (QED) is 0.495. The van der Waals surface area contributed by atoms with E-state index in [9.17, 15) is 6.18 Å². The molecule has 0 saturated carbocycles. The summed E-state index contributed by atoms with van der Waals surface area (Å²) >= 11 is -2.50. The van der Waals surface area contributed by atoms with Crippen LogP contribution in [0.3, 0.4) is 0 Å². The fourth-order valence-corrected chi connectivity index (χ4v) is 4.73. The van der Waals surface area contributed by atoms with Crippen molar-refractivity contribution in [1.82, 2.24) is 0 Å². The van der Waals surface area contributed by atoms with E-state index in [0.29, 0.717) is 0 Å². The molecule has 0 spiro atoms. The van der Waals surface area contributed by atoms with E-state index in [1.807, 2.05) is 0 Å². The number of hydrogen-bond donors (Lipinski definition) is 0. The van der Waals surface area contributed by atoms with Crippen LogP contribution in [0.4, 0.5) is 6.18 Å². The van der Waals surface area contributed by atoms with Crippen LogP contribution in [0.15, 0.2) is 46.6 Å². The summed E-state index contributed by atoms with van der Waals surface area (Å²) in [4.78, 5) is 0. The van der Waals surface area contributed by atoms with Gasteiger partial charge < -0.3 is 0 Å². The van der Waals surface area contributed by atoms with E-state index in [-0.39, 0.29) is 0 Å². The first-order chi connectivity index (χ1) is 11.3. The second-order valence-electron chi connectivity index (χ2n) is 7.10. The Labute approximate surface area is 149 Å². The zero-order chi connectivity index (χ0) is 16.1. The fourth-order valence-electron chi connectivity index (χ4n) is 4.73. The summed E-state index contributed by atoms with van der Waals surface area (Å²) in [5.74, 6) is 1.57. The van der Waals surface area contributed by atoms with Crippen molar-refractivity contribution >= 4 is 0 Å². The number of rotatable bonds is 3. The average Bonchev–Trinajstić information content (AvgIpc) is 3.18. The van der Waals surface area contributed by atoms with Crippen LogP contribution in [0, 0.1) is 11.8 Å². The minimum atomic E-state index is -2.50. The van der Waals surface area contributed by atoms with Crippen LogP contribution in [-0.2, 0) is 20.2 Å². The van der Waals surface area contributed by atoms with Gasteiger partial charge in [-0.2, -0.15) is 0 Å². The van der Waals surface area contributed by atoms with Gasteiger partial charge in [-0.15, -0.1) is 0 Å². The Morgan fingerprint density at radius 2 is 1.13 bits per heavy atom. The maximum absolute atomic E-state index is 9.75. The summed E-state index contributed by atoms with van der Waals surface area (Å²) in [7, 11) is 0. The van der Waals surface area contributed by atoms with E-state index >= 15 is 0 Å². The third kappa shape index (κ3) is 4.14. The van der Waals surface area contributed by atoms with E-state index in [1.54, 1.807) is 22.3 Å². The van der Waals surface area contributed by atoms with Gasteiger partial charge in [0.15, 0.2) is 0 Å². The topological polar surface area (TPSA) is 0 Å². The second kappa shape index (κ2) is 8.58. The van der Waals surface area contributed by atoms with Crippen LogP contribution in [0.5, 0.6) is 0 Å². The third-order valence-corrected chi connectivity index (χ3v) is 5.85. The number of allylic oxidation sites excluding steroid dienone is 8. The van der Waals surface area contributed by atoms with Crippen LogP contribution >= 0.6 is 0 Å². The van der Waals surface area contributed by atoms with Gasteiger partial charge in [0.1, 0.15) is 0 Å². The first-order valence-corrected chi connectivity index (χ1v) is 10.3. The Morgan fingerprint density at radius 3 is 1.57 bits per heavy atom. The molecule has 124 valence electrons. The first-order valence-electron chi connectivity index (χ1n) is 9.10. The van der Waals surface area contributed by atoms with E-state index < -0.39 is 20.2 Å². The van der Waals surface area contributed by atoms with Crippen molar-refractivity contribution in [3.05, 3.63) is 46.6 Å². The Morgan fingerprint density at radius 1 is 0.739 bits per heavy atom. The number of hydrogen-bond acceptors (Lipinski definition) is 0. The van der Waals surface area contributed by atoms with Crippen molar-refractivity contribution in [2.75, 3.05) is 0 Å². The Hall–Kier alpha value is -0.466. The molecule has 0 aromatic carbocycles. The van der Waals surface area contributed by atoms with Gasteiger partial charge in [0.2, 0.25) is 0 Å². The van der Waals surface area contributed by atoms with Crippen molar-refractivity contribution in [3.63, 3.8) is 0 Å². The van der Waals surface area contributed by atoms with Gasteiger partial charge in [0.25, 0.3) is 0 Å². The summed E-state index contributed by atoms with van der Waals surface area (Å²) in [6.07, 6.45) is 23.8. The van der Waals surface area contributed by atoms with E-state index in [2.05, 4.69) is 24.3 Å². The monoisotopic (exact) mass is 352 g/mol. The minimum absolute atomic E-state index is 0.784. The molecule has 0 saturated heterocycles. The molecule has 1 unspecified atom stereocenters. The third-order valence-electron chi connectivity index (χ3n) is 5.85. The fraction of sp³-hybridized carbons (Fsp3) is 0.600. The molecule has 0 heterocycles. The SMILES string of the molecule is C1=CC(CC[C@@H]2C=CC3=C2CCCC3)C2=C1CCCC2.[F][Ti][F]. The Bertz CT molecular complexity index is 494. The molecule has 0 nitrogen and oxygen atoms in total. The molecule has 0 amide bonds. The standard InChI is InChI=1S/C20H26.2FH.Ti/c1-3-7-19-15(5-1)9-11-17(19)13-14-18-12-10-16-6-2-4-8-20(16)18;;;/h9-12,17-18H,1-8,13-14H2;2*1H;/q;;;+2/p-2/t17-,18?;;;/m0.../s1. The molecule has 0 N–H and O–H groups in total. The molecule has 4 rings (SSSR count). The van der Waals surface area contributed by atoms with Crippen molar-refractivity contribution in [1.29, 1.82) is 0 Å². The van der Waals surface area contributed by atoms with E-state index in [1.165, 1.54) is 64.2 Å². The maximum atomic E-state index is 9.75. The van der Waals surface area contributed by atoms with Gasteiger partial charge in [0.05, 0.1) is 0 Å². The molecule has 0 bridgehead atoms. The normalized spacial score (nSPS) is 28.4. The van der Waals surface area contributed by atoms with Crippen LogP contribution in [0.25, 0.3) is 0 Å². The molecule has 0 radical (unpaired) electrons. The van der Waals surface area contributed by atoms with Crippen molar-refractivity contribution < 1.29 is 26.4 Å². The van der Waals surface area contributed by atoms with Gasteiger partial charge in [-0.3, -0.25) is 0 Å². The molecular formula is C20H26F2Ti. The predicted molar refractivity (Wildman–Crippen MR) is 87.7 cm³/mol. The molecule has 2 atom stereocenters. The van der Waals surface area contributed by atoms with Crippen molar-refractivity contribution in [3.8, 4) is 0 Å². The summed E-state index contributed by atoms with van der Waals surface area (Å²) in [6.45, 7) is 0. The van der Waals surface area contributed by atoms with Crippen molar-refractivity contribution in [2.45, 2.75) is 64.2 Å². The van der Waals surface area contributed by atoms with E-state index in [0.717, 1.165) is 11.8 Å². The summed E-state index contributed by atoms with van der Waals surface area (Å²) in [5, 5.41) is 0. The molecule has 0 fully saturated rings. The summed E-state index contributed by atoms with van der Waals surface area (Å²) in [5.41, 5.74) is 6.99. The molecule has 0 aromatic rings. The van der Waals surface area contributed by atoms with Crippen molar-refractivity contribution in [2.24, 2.45) is 11.8 Å². The zero-order valence-electron chi connectivity index (χ0n) is 13.8. The molecule has 0 aromatic heterocycles. The molecular weight excluding hydrogens is 326 g/mol.